The highest BCUT2D eigenvalue weighted by Gasteiger charge is 2.31. The Kier molecular flexibility index (Phi) is 19.6. The van der Waals surface area contributed by atoms with E-state index >= 15 is 0 Å². The van der Waals surface area contributed by atoms with Crippen LogP contribution in [0.25, 0.3) is 0 Å². The van der Waals surface area contributed by atoms with Crippen LogP contribution in [-0.4, -0.2) is 62.9 Å². The molecular weight excluding hydrogens is 582 g/mol. The molecular formula is C35H58F2N2O6. The maximum atomic E-state index is 14.4. The summed E-state index contributed by atoms with van der Waals surface area (Å²) in [5.41, 5.74) is 0. The molecule has 2 amide bonds. The second-order valence-corrected chi connectivity index (χ2v) is 12.6. The van der Waals surface area contributed by atoms with Crippen molar-refractivity contribution >= 4 is 11.8 Å². The second kappa shape index (κ2) is 23.4. The third-order valence-corrected chi connectivity index (χ3v) is 8.81. The summed E-state index contributed by atoms with van der Waals surface area (Å²) in [5.74, 6) is -3.14. The summed E-state index contributed by atoms with van der Waals surface area (Å²) in [6.07, 6.45) is 21.8. The molecule has 10 heteroatoms. The molecule has 0 aromatic heterocycles. The molecule has 2 N–H and O–H groups in total. The van der Waals surface area contributed by atoms with Crippen LogP contribution in [0.15, 0.2) is 23.8 Å². The van der Waals surface area contributed by atoms with Gasteiger partial charge in [0.15, 0.2) is 24.2 Å². The maximum Gasteiger partial charge on any atom is 0.279 e. The number of ether oxygens (including phenoxy) is 4. The second-order valence-electron chi connectivity index (χ2n) is 12.6. The Bertz CT molecular complexity index is 819. The molecule has 1 saturated carbocycles. The molecule has 8 nitrogen and oxygen atoms in total. The van der Waals surface area contributed by atoms with Gasteiger partial charge >= 0.3 is 0 Å². The summed E-state index contributed by atoms with van der Waals surface area (Å²) in [7, 11) is 0. The van der Waals surface area contributed by atoms with E-state index in [1.807, 2.05) is 0 Å². The van der Waals surface area contributed by atoms with Gasteiger partial charge in [0.25, 0.3) is 11.8 Å². The first-order valence-electron chi connectivity index (χ1n) is 17.8. The van der Waals surface area contributed by atoms with Crippen molar-refractivity contribution in [2.45, 2.75) is 160 Å². The molecule has 45 heavy (non-hydrogen) atoms. The molecule has 0 bridgehead atoms. The topological polar surface area (TPSA) is 95.1 Å². The molecule has 3 rings (SSSR count). The number of hydrogen-bond acceptors (Lipinski definition) is 6. The van der Waals surface area contributed by atoms with Crippen molar-refractivity contribution in [3.63, 3.8) is 0 Å². The SMILES string of the molecule is O=C(N[C@H]1CCC[C@H]1NC(=O)/C(F)=C/CCCCCCCOC1CCCCO1)/C(F)=C/CCCCCCCOC1CCCCO1. The minimum absolute atomic E-state index is 0.0410. The van der Waals surface area contributed by atoms with Crippen LogP contribution in [0.3, 0.4) is 0 Å². The van der Waals surface area contributed by atoms with Crippen LogP contribution in [0.1, 0.15) is 135 Å². The lowest BCUT2D eigenvalue weighted by molar-refractivity contribution is -0.163. The van der Waals surface area contributed by atoms with E-state index < -0.39 is 35.6 Å². The van der Waals surface area contributed by atoms with Gasteiger partial charge in [0, 0.05) is 38.5 Å². The minimum atomic E-state index is -0.801. The first-order chi connectivity index (χ1) is 22.0. The van der Waals surface area contributed by atoms with Crippen molar-refractivity contribution in [3.05, 3.63) is 23.8 Å². The van der Waals surface area contributed by atoms with E-state index in [2.05, 4.69) is 10.6 Å². The number of carbonyl (C=O) groups is 2. The smallest absolute Gasteiger partial charge is 0.279 e. The van der Waals surface area contributed by atoms with Crippen molar-refractivity contribution < 1.29 is 37.3 Å². The summed E-state index contributed by atoms with van der Waals surface area (Å²) in [6.45, 7) is 2.99. The lowest BCUT2D eigenvalue weighted by Crippen LogP contribution is -2.48. The van der Waals surface area contributed by atoms with Crippen molar-refractivity contribution in [1.29, 1.82) is 0 Å². The molecule has 0 radical (unpaired) electrons. The van der Waals surface area contributed by atoms with E-state index in [0.717, 1.165) is 122 Å². The fraction of sp³-hybridized carbons (Fsp3) is 0.829. The number of unbranched alkanes of at least 4 members (excludes halogenated alkanes) is 10. The van der Waals surface area contributed by atoms with Gasteiger partial charge in [-0.25, -0.2) is 8.78 Å². The average molecular weight is 641 g/mol. The van der Waals surface area contributed by atoms with Crippen LogP contribution in [0.2, 0.25) is 0 Å². The Morgan fingerprint density at radius 3 is 1.42 bits per heavy atom. The molecule has 258 valence electrons. The number of hydrogen-bond donors (Lipinski definition) is 2. The number of amides is 2. The lowest BCUT2D eigenvalue weighted by Gasteiger charge is -2.22. The normalized spacial score (nSPS) is 24.5. The van der Waals surface area contributed by atoms with E-state index in [-0.39, 0.29) is 12.6 Å². The van der Waals surface area contributed by atoms with Gasteiger partial charge in [-0.05, 0) is 108 Å². The Morgan fingerprint density at radius 1 is 0.578 bits per heavy atom. The zero-order chi connectivity index (χ0) is 32.0. The van der Waals surface area contributed by atoms with E-state index in [1.54, 1.807) is 0 Å². The van der Waals surface area contributed by atoms with Crippen molar-refractivity contribution in [3.8, 4) is 0 Å². The van der Waals surface area contributed by atoms with Gasteiger partial charge in [0.05, 0.1) is 0 Å². The number of nitrogens with one attached hydrogen (secondary N) is 2. The van der Waals surface area contributed by atoms with Crippen LogP contribution in [0.4, 0.5) is 8.78 Å². The molecule has 4 atom stereocenters. The predicted molar refractivity (Wildman–Crippen MR) is 171 cm³/mol. The van der Waals surface area contributed by atoms with Crippen LogP contribution in [0, 0.1) is 0 Å². The number of allylic oxidation sites excluding steroid dienone is 2. The standard InChI is InChI=1S/C35H58F2N2O6/c36-28(18-9-5-1-3-7-13-24-42-32-22-11-15-26-44-32)34(40)38-30-20-17-21-31(30)39-35(41)29(37)19-10-6-2-4-8-14-25-43-33-23-12-16-27-45-33/h18-19,30-33H,1-17,20-27H2,(H,38,40)(H,39,41)/b28-18-,29-19-/t30-,31+,32?,33?. The largest absolute Gasteiger partial charge is 0.353 e. The first kappa shape index (κ1) is 37.6. The maximum absolute atomic E-state index is 14.4. The van der Waals surface area contributed by atoms with Gasteiger partial charge in [0.1, 0.15) is 0 Å². The molecule has 0 aromatic carbocycles. The van der Waals surface area contributed by atoms with Gasteiger partial charge in [-0.1, -0.05) is 38.5 Å². The summed E-state index contributed by atoms with van der Waals surface area (Å²) in [5, 5.41) is 5.39. The zero-order valence-corrected chi connectivity index (χ0v) is 27.3. The monoisotopic (exact) mass is 640 g/mol. The summed E-state index contributed by atoms with van der Waals surface area (Å²) in [6, 6.07) is -0.827. The molecule has 0 spiro atoms. The molecule has 2 unspecified atom stereocenters. The van der Waals surface area contributed by atoms with Gasteiger partial charge in [-0.2, -0.15) is 0 Å². The Labute approximate surface area is 269 Å². The highest BCUT2D eigenvalue weighted by molar-refractivity contribution is 5.92. The quantitative estimate of drug-likeness (QED) is 0.0934. The molecule has 3 fully saturated rings. The fourth-order valence-corrected chi connectivity index (χ4v) is 6.09. The van der Waals surface area contributed by atoms with E-state index in [0.29, 0.717) is 38.9 Å². The predicted octanol–water partition coefficient (Wildman–Crippen LogP) is 7.61. The van der Waals surface area contributed by atoms with Crippen LogP contribution in [0.5, 0.6) is 0 Å². The molecule has 2 heterocycles. The Morgan fingerprint density at radius 2 is 1.00 bits per heavy atom. The summed E-state index contributed by atoms with van der Waals surface area (Å²) >= 11 is 0. The van der Waals surface area contributed by atoms with E-state index in [9.17, 15) is 18.4 Å². The first-order valence-corrected chi connectivity index (χ1v) is 17.8. The minimum Gasteiger partial charge on any atom is -0.353 e. The molecule has 2 saturated heterocycles. The van der Waals surface area contributed by atoms with Crippen molar-refractivity contribution in [1.82, 2.24) is 10.6 Å². The van der Waals surface area contributed by atoms with E-state index in [1.165, 1.54) is 12.2 Å². The molecule has 3 aliphatic rings. The molecule has 0 aromatic rings. The van der Waals surface area contributed by atoms with E-state index in [4.69, 9.17) is 18.9 Å². The van der Waals surface area contributed by atoms with Crippen LogP contribution < -0.4 is 10.6 Å². The van der Waals surface area contributed by atoms with Gasteiger partial charge in [0.2, 0.25) is 0 Å². The fourth-order valence-electron chi connectivity index (χ4n) is 6.09. The summed E-state index contributed by atoms with van der Waals surface area (Å²) in [4.78, 5) is 24.8. The third-order valence-electron chi connectivity index (χ3n) is 8.81. The van der Waals surface area contributed by atoms with Gasteiger partial charge in [-0.3, -0.25) is 9.59 Å². The summed E-state index contributed by atoms with van der Waals surface area (Å²) < 4.78 is 51.5. The number of carbonyl (C=O) groups excluding carboxylic acids is 2. The lowest BCUT2D eigenvalue weighted by atomic mass is 10.1. The number of rotatable bonds is 22. The van der Waals surface area contributed by atoms with Gasteiger partial charge < -0.3 is 29.6 Å². The van der Waals surface area contributed by atoms with Crippen LogP contribution in [-0.2, 0) is 28.5 Å². The third kappa shape index (κ3) is 16.5. The van der Waals surface area contributed by atoms with Crippen molar-refractivity contribution in [2.75, 3.05) is 26.4 Å². The zero-order valence-electron chi connectivity index (χ0n) is 27.3. The molecule has 1 aliphatic carbocycles. The van der Waals surface area contributed by atoms with Crippen molar-refractivity contribution in [2.24, 2.45) is 0 Å². The van der Waals surface area contributed by atoms with Crippen LogP contribution >= 0.6 is 0 Å². The average Bonchev–Trinajstić information content (AvgIpc) is 3.49. The highest BCUT2D eigenvalue weighted by Crippen LogP contribution is 2.21. The highest BCUT2D eigenvalue weighted by atomic mass is 19.1. The molecule has 2 aliphatic heterocycles. The Hall–Kier alpha value is -1.88. The number of halogens is 2. The Balaban J connectivity index is 1.19. The van der Waals surface area contributed by atoms with Gasteiger partial charge in [-0.15, -0.1) is 0 Å².